The SMILES string of the molecule is CC[NH+]1CC=C(c2c[nH]c3ccccc23)CC1.[Cl-]. The van der Waals surface area contributed by atoms with Crippen LogP contribution in [0.2, 0.25) is 0 Å². The molecule has 0 aliphatic carbocycles. The summed E-state index contributed by atoms with van der Waals surface area (Å²) in [5.74, 6) is 0. The van der Waals surface area contributed by atoms with Gasteiger partial charge in [-0.3, -0.25) is 0 Å². The van der Waals surface area contributed by atoms with E-state index in [1.807, 2.05) is 0 Å². The van der Waals surface area contributed by atoms with Gasteiger partial charge in [-0.1, -0.05) is 18.2 Å². The van der Waals surface area contributed by atoms with Crippen LogP contribution in [0.3, 0.4) is 0 Å². The fourth-order valence-corrected chi connectivity index (χ4v) is 2.69. The van der Waals surface area contributed by atoms with Gasteiger partial charge in [0.2, 0.25) is 0 Å². The van der Waals surface area contributed by atoms with Crippen molar-refractivity contribution in [3.63, 3.8) is 0 Å². The topological polar surface area (TPSA) is 20.2 Å². The lowest BCUT2D eigenvalue weighted by atomic mass is 9.99. The van der Waals surface area contributed by atoms with Gasteiger partial charge in [-0.15, -0.1) is 0 Å². The number of likely N-dealkylation sites (N-methyl/N-ethyl adjacent to an activating group) is 1. The zero-order valence-electron chi connectivity index (χ0n) is 10.7. The highest BCUT2D eigenvalue weighted by Crippen LogP contribution is 2.26. The average molecular weight is 263 g/mol. The molecule has 18 heavy (non-hydrogen) atoms. The predicted molar refractivity (Wildman–Crippen MR) is 72.1 cm³/mol. The molecule has 1 atom stereocenters. The molecule has 2 aromatic rings. The van der Waals surface area contributed by atoms with Crippen LogP contribution in [0, 0.1) is 0 Å². The number of rotatable bonds is 2. The van der Waals surface area contributed by atoms with E-state index >= 15 is 0 Å². The quantitative estimate of drug-likeness (QED) is 0.683. The van der Waals surface area contributed by atoms with E-state index in [1.165, 1.54) is 48.1 Å². The number of hydrogen-bond acceptors (Lipinski definition) is 0. The van der Waals surface area contributed by atoms with E-state index in [2.05, 4.69) is 48.4 Å². The highest BCUT2D eigenvalue weighted by atomic mass is 35.5. The summed E-state index contributed by atoms with van der Waals surface area (Å²) < 4.78 is 0. The summed E-state index contributed by atoms with van der Waals surface area (Å²) in [6, 6.07) is 8.56. The van der Waals surface area contributed by atoms with E-state index in [4.69, 9.17) is 0 Å². The van der Waals surface area contributed by atoms with Gasteiger partial charge in [0.1, 0.15) is 0 Å². The predicted octanol–water partition coefficient (Wildman–Crippen LogP) is -1.14. The number of para-hydroxylation sites is 1. The molecule has 3 heteroatoms. The Bertz CT molecular complexity index is 556. The maximum Gasteiger partial charge on any atom is 0.0964 e. The number of aromatic amines is 1. The summed E-state index contributed by atoms with van der Waals surface area (Å²) >= 11 is 0. The molecule has 1 aromatic heterocycles. The molecule has 1 aliphatic rings. The molecular formula is C15H19ClN2. The molecule has 2 heterocycles. The van der Waals surface area contributed by atoms with Crippen LogP contribution in [0.4, 0.5) is 0 Å². The first kappa shape index (κ1) is 13.2. The average Bonchev–Trinajstić information content (AvgIpc) is 2.83. The van der Waals surface area contributed by atoms with Crippen LogP contribution < -0.4 is 17.3 Å². The summed E-state index contributed by atoms with van der Waals surface area (Å²) in [5, 5.41) is 1.36. The highest BCUT2D eigenvalue weighted by molar-refractivity contribution is 5.92. The van der Waals surface area contributed by atoms with Gasteiger partial charge in [0.15, 0.2) is 0 Å². The standard InChI is InChI=1S/C15H18N2.ClH/c1-2-17-9-7-12(8-10-17)14-11-16-15-6-4-3-5-13(14)15;/h3-7,11,16H,2,8-10H2,1H3;1H. The number of hydrogen-bond donors (Lipinski definition) is 2. The molecule has 1 unspecified atom stereocenters. The number of quaternary nitrogens is 1. The molecule has 0 radical (unpaired) electrons. The number of halogens is 1. The lowest BCUT2D eigenvalue weighted by molar-refractivity contribution is -0.893. The number of H-pyrrole nitrogens is 1. The molecule has 0 amide bonds. The maximum absolute atomic E-state index is 3.36. The minimum atomic E-state index is 0. The Morgan fingerprint density at radius 2 is 2.11 bits per heavy atom. The van der Waals surface area contributed by atoms with Crippen molar-refractivity contribution < 1.29 is 17.3 Å². The van der Waals surface area contributed by atoms with E-state index in [0.29, 0.717) is 0 Å². The Morgan fingerprint density at radius 1 is 1.28 bits per heavy atom. The molecule has 1 aromatic carbocycles. The molecule has 0 spiro atoms. The van der Waals surface area contributed by atoms with Crippen molar-refractivity contribution in [1.82, 2.24) is 4.98 Å². The third kappa shape index (κ3) is 2.31. The van der Waals surface area contributed by atoms with Crippen molar-refractivity contribution in [2.75, 3.05) is 19.6 Å². The Kier molecular flexibility index (Phi) is 4.10. The van der Waals surface area contributed by atoms with Crippen LogP contribution >= 0.6 is 0 Å². The number of fused-ring (bicyclic) bond motifs is 1. The summed E-state index contributed by atoms with van der Waals surface area (Å²) in [5.41, 5.74) is 4.16. The largest absolute Gasteiger partial charge is 1.00 e. The number of nitrogens with one attached hydrogen (secondary N) is 2. The first-order valence-electron chi connectivity index (χ1n) is 6.47. The van der Waals surface area contributed by atoms with Crippen LogP contribution in [-0.2, 0) is 0 Å². The summed E-state index contributed by atoms with van der Waals surface area (Å²) in [4.78, 5) is 5.05. The zero-order valence-corrected chi connectivity index (χ0v) is 11.4. The fraction of sp³-hybridized carbons (Fsp3) is 0.333. The van der Waals surface area contributed by atoms with E-state index < -0.39 is 0 Å². The lowest BCUT2D eigenvalue weighted by Gasteiger charge is -2.22. The van der Waals surface area contributed by atoms with Gasteiger partial charge in [-0.05, 0) is 24.6 Å². The van der Waals surface area contributed by atoms with Crippen LogP contribution in [0.25, 0.3) is 16.5 Å². The first-order chi connectivity index (χ1) is 8.38. The van der Waals surface area contributed by atoms with Crippen molar-refractivity contribution in [3.8, 4) is 0 Å². The van der Waals surface area contributed by atoms with E-state index in [0.717, 1.165) is 0 Å². The molecule has 2 N–H and O–H groups in total. The fourth-order valence-electron chi connectivity index (χ4n) is 2.69. The second-order valence-electron chi connectivity index (χ2n) is 4.78. The van der Waals surface area contributed by atoms with Gasteiger partial charge in [0, 0.05) is 29.1 Å². The van der Waals surface area contributed by atoms with Crippen LogP contribution in [-0.4, -0.2) is 24.6 Å². The number of benzene rings is 1. The second kappa shape index (κ2) is 5.59. The third-order valence-corrected chi connectivity index (χ3v) is 3.82. The monoisotopic (exact) mass is 262 g/mol. The Balaban J connectivity index is 0.00000120. The molecule has 3 rings (SSSR count). The van der Waals surface area contributed by atoms with Crippen LogP contribution in [0.5, 0.6) is 0 Å². The molecule has 1 aliphatic heterocycles. The normalized spacial score (nSPS) is 19.4. The smallest absolute Gasteiger partial charge is 0.0964 e. The van der Waals surface area contributed by atoms with Crippen molar-refractivity contribution in [3.05, 3.63) is 42.1 Å². The summed E-state index contributed by atoms with van der Waals surface area (Å²) in [6.07, 6.45) is 5.77. The van der Waals surface area contributed by atoms with Gasteiger partial charge in [0.05, 0.1) is 19.6 Å². The summed E-state index contributed by atoms with van der Waals surface area (Å²) in [6.45, 7) is 5.94. The summed E-state index contributed by atoms with van der Waals surface area (Å²) in [7, 11) is 0. The van der Waals surface area contributed by atoms with Crippen molar-refractivity contribution in [2.45, 2.75) is 13.3 Å². The maximum atomic E-state index is 3.36. The van der Waals surface area contributed by atoms with Crippen LogP contribution in [0.15, 0.2) is 36.5 Å². The number of aromatic nitrogens is 1. The van der Waals surface area contributed by atoms with E-state index in [1.54, 1.807) is 4.90 Å². The minimum Gasteiger partial charge on any atom is -1.00 e. The zero-order chi connectivity index (χ0) is 11.7. The molecular weight excluding hydrogens is 244 g/mol. The molecule has 96 valence electrons. The highest BCUT2D eigenvalue weighted by Gasteiger charge is 2.16. The second-order valence-corrected chi connectivity index (χ2v) is 4.78. The molecule has 0 saturated carbocycles. The molecule has 0 fully saturated rings. The van der Waals surface area contributed by atoms with Crippen molar-refractivity contribution in [2.24, 2.45) is 0 Å². The van der Waals surface area contributed by atoms with Crippen molar-refractivity contribution in [1.29, 1.82) is 0 Å². The Morgan fingerprint density at radius 3 is 2.83 bits per heavy atom. The van der Waals surface area contributed by atoms with Gasteiger partial charge >= 0.3 is 0 Å². The van der Waals surface area contributed by atoms with Gasteiger partial charge in [0.25, 0.3) is 0 Å². The Labute approximate surface area is 114 Å². The third-order valence-electron chi connectivity index (χ3n) is 3.82. The van der Waals surface area contributed by atoms with E-state index in [-0.39, 0.29) is 12.4 Å². The van der Waals surface area contributed by atoms with Gasteiger partial charge in [-0.2, -0.15) is 0 Å². The van der Waals surface area contributed by atoms with Crippen LogP contribution in [0.1, 0.15) is 18.9 Å². The minimum absolute atomic E-state index is 0. The first-order valence-corrected chi connectivity index (χ1v) is 6.47. The van der Waals surface area contributed by atoms with Gasteiger partial charge in [-0.25, -0.2) is 0 Å². The lowest BCUT2D eigenvalue weighted by Crippen LogP contribution is -3.12. The van der Waals surface area contributed by atoms with Gasteiger partial charge < -0.3 is 22.3 Å². The molecule has 0 bridgehead atoms. The molecule has 2 nitrogen and oxygen atoms in total. The molecule has 0 saturated heterocycles. The van der Waals surface area contributed by atoms with E-state index in [9.17, 15) is 0 Å². The van der Waals surface area contributed by atoms with Crippen molar-refractivity contribution >= 4 is 16.5 Å². The Hall–Kier alpha value is -1.25.